The first kappa shape index (κ1) is 16.5. The van der Waals surface area contributed by atoms with Crippen LogP contribution in [0.3, 0.4) is 0 Å². The third-order valence-electron chi connectivity index (χ3n) is 4.13. The Balaban J connectivity index is 1.90. The first-order chi connectivity index (χ1) is 12.6. The Hall–Kier alpha value is -2.94. The Kier molecular flexibility index (Phi) is 4.29. The molecule has 1 aliphatic heterocycles. The van der Waals surface area contributed by atoms with Crippen molar-refractivity contribution < 1.29 is 9.46 Å². The molecule has 3 aromatic rings. The lowest BCUT2D eigenvalue weighted by atomic mass is 10.1. The number of nitrogens with zero attached hydrogens (tertiary/aromatic N) is 2. The van der Waals surface area contributed by atoms with Crippen molar-refractivity contribution in [3.8, 4) is 0 Å². The summed E-state index contributed by atoms with van der Waals surface area (Å²) in [6.07, 6.45) is 0. The Morgan fingerprint density at radius 1 is 0.731 bits per heavy atom. The second-order valence-electron chi connectivity index (χ2n) is 5.94. The quantitative estimate of drug-likeness (QED) is 0.658. The Morgan fingerprint density at radius 3 is 1.81 bits per heavy atom. The van der Waals surface area contributed by atoms with Gasteiger partial charge in [0.15, 0.2) is 5.45 Å². The fourth-order valence-electron chi connectivity index (χ4n) is 2.90. The van der Waals surface area contributed by atoms with Gasteiger partial charge in [-0.3, -0.25) is 4.57 Å². The van der Waals surface area contributed by atoms with E-state index in [9.17, 15) is 9.46 Å². The molecule has 0 spiro atoms. The zero-order valence-corrected chi connectivity index (χ0v) is 14.8. The standard InChI is InChI=1S/C21H17N2O2P/c24-26(25)16-20(17-10-4-1-5-11-17)23(19-14-8-3-9-15-19)22-21(26)18-12-6-2-7-13-18/h1-16H,(H,24,25). The van der Waals surface area contributed by atoms with Gasteiger partial charge in [0.2, 0.25) is 0 Å². The van der Waals surface area contributed by atoms with Gasteiger partial charge < -0.3 is 4.89 Å². The molecule has 0 bridgehead atoms. The normalized spacial score (nSPS) is 19.7. The first-order valence-corrected chi connectivity index (χ1v) is 9.98. The molecule has 0 saturated carbocycles. The van der Waals surface area contributed by atoms with Gasteiger partial charge in [-0.15, -0.1) is 0 Å². The number of rotatable bonds is 3. The van der Waals surface area contributed by atoms with E-state index in [0.717, 1.165) is 11.3 Å². The van der Waals surface area contributed by atoms with Crippen LogP contribution in [0.4, 0.5) is 5.69 Å². The predicted molar refractivity (Wildman–Crippen MR) is 106 cm³/mol. The van der Waals surface area contributed by atoms with Gasteiger partial charge in [-0.25, -0.2) is 5.01 Å². The van der Waals surface area contributed by atoms with Crippen molar-refractivity contribution in [3.05, 3.63) is 108 Å². The van der Waals surface area contributed by atoms with Gasteiger partial charge in [0.25, 0.3) is 7.37 Å². The molecule has 3 aromatic carbocycles. The minimum atomic E-state index is -3.75. The van der Waals surface area contributed by atoms with Gasteiger partial charge in [0, 0.05) is 16.9 Å². The first-order valence-electron chi connectivity index (χ1n) is 8.26. The summed E-state index contributed by atoms with van der Waals surface area (Å²) in [5.41, 5.74) is 3.09. The molecule has 128 valence electrons. The molecule has 5 heteroatoms. The minimum Gasteiger partial charge on any atom is -0.337 e. The summed E-state index contributed by atoms with van der Waals surface area (Å²) in [6.45, 7) is 0. The predicted octanol–water partition coefficient (Wildman–Crippen LogP) is 5.14. The molecule has 0 fully saturated rings. The zero-order chi connectivity index (χ0) is 18.0. The van der Waals surface area contributed by atoms with Crippen LogP contribution >= 0.6 is 7.37 Å². The van der Waals surface area contributed by atoms with Crippen LogP contribution in [0.1, 0.15) is 11.1 Å². The van der Waals surface area contributed by atoms with Gasteiger partial charge >= 0.3 is 0 Å². The number of para-hydroxylation sites is 1. The molecule has 0 aromatic heterocycles. The molecule has 0 amide bonds. The van der Waals surface area contributed by atoms with Crippen molar-refractivity contribution in [1.82, 2.24) is 0 Å². The van der Waals surface area contributed by atoms with Gasteiger partial charge in [-0.1, -0.05) is 78.9 Å². The highest BCUT2D eigenvalue weighted by molar-refractivity contribution is 7.79. The van der Waals surface area contributed by atoms with E-state index in [-0.39, 0.29) is 5.45 Å². The van der Waals surface area contributed by atoms with Crippen molar-refractivity contribution >= 4 is 24.2 Å². The van der Waals surface area contributed by atoms with Crippen molar-refractivity contribution in [1.29, 1.82) is 0 Å². The van der Waals surface area contributed by atoms with E-state index in [4.69, 9.17) is 0 Å². The van der Waals surface area contributed by atoms with Crippen LogP contribution in [0, 0.1) is 0 Å². The fourth-order valence-corrected chi connectivity index (χ4v) is 4.34. The summed E-state index contributed by atoms with van der Waals surface area (Å²) in [5.74, 6) is 1.44. The van der Waals surface area contributed by atoms with Crippen LogP contribution in [-0.4, -0.2) is 10.3 Å². The Bertz CT molecular complexity index is 1020. The summed E-state index contributed by atoms with van der Waals surface area (Å²) in [7, 11) is -3.75. The summed E-state index contributed by atoms with van der Waals surface area (Å²) < 4.78 is 13.0. The Labute approximate surface area is 152 Å². The Morgan fingerprint density at radius 2 is 1.23 bits per heavy atom. The lowest BCUT2D eigenvalue weighted by Crippen LogP contribution is -2.22. The summed E-state index contributed by atoms with van der Waals surface area (Å²) in [4.78, 5) is 10.7. The summed E-state index contributed by atoms with van der Waals surface area (Å²) in [5, 5.41) is 6.33. The SMILES string of the molecule is O=P1(O)C=C(c2ccccc2)N(c2ccccc2)N=C1c1ccccc1. The lowest BCUT2D eigenvalue weighted by molar-refractivity contribution is 0.502. The van der Waals surface area contributed by atoms with E-state index < -0.39 is 7.37 Å². The molecule has 0 radical (unpaired) electrons. The van der Waals surface area contributed by atoms with E-state index in [1.165, 1.54) is 5.82 Å². The largest absolute Gasteiger partial charge is 0.337 e. The third kappa shape index (κ3) is 3.13. The van der Waals surface area contributed by atoms with E-state index in [1.807, 2.05) is 78.9 Å². The van der Waals surface area contributed by atoms with Gasteiger partial charge in [0.1, 0.15) is 0 Å². The van der Waals surface area contributed by atoms with Crippen molar-refractivity contribution in [2.75, 3.05) is 5.01 Å². The monoisotopic (exact) mass is 360 g/mol. The molecular weight excluding hydrogens is 343 g/mol. The highest BCUT2D eigenvalue weighted by Crippen LogP contribution is 2.52. The number of hydrogen-bond donors (Lipinski definition) is 1. The molecule has 1 unspecified atom stereocenters. The average Bonchev–Trinajstić information content (AvgIpc) is 2.69. The van der Waals surface area contributed by atoms with Crippen molar-refractivity contribution in [2.45, 2.75) is 0 Å². The van der Waals surface area contributed by atoms with Gasteiger partial charge in [-0.2, -0.15) is 5.10 Å². The maximum atomic E-state index is 13.0. The van der Waals surface area contributed by atoms with Crippen LogP contribution in [0.5, 0.6) is 0 Å². The molecule has 1 heterocycles. The van der Waals surface area contributed by atoms with Crippen LogP contribution in [0.2, 0.25) is 0 Å². The molecule has 1 aliphatic rings. The zero-order valence-electron chi connectivity index (χ0n) is 13.9. The molecule has 0 saturated heterocycles. The molecule has 26 heavy (non-hydrogen) atoms. The highest BCUT2D eigenvalue weighted by atomic mass is 31.2. The van der Waals surface area contributed by atoms with E-state index in [2.05, 4.69) is 5.10 Å². The molecule has 4 nitrogen and oxygen atoms in total. The van der Waals surface area contributed by atoms with Gasteiger partial charge in [0.05, 0.1) is 11.4 Å². The van der Waals surface area contributed by atoms with E-state index in [1.54, 1.807) is 17.1 Å². The number of hydrazone groups is 1. The molecule has 4 rings (SSSR count). The van der Waals surface area contributed by atoms with Crippen LogP contribution < -0.4 is 5.01 Å². The van der Waals surface area contributed by atoms with Crippen molar-refractivity contribution in [3.63, 3.8) is 0 Å². The van der Waals surface area contributed by atoms with Crippen LogP contribution in [0.25, 0.3) is 5.70 Å². The highest BCUT2D eigenvalue weighted by Gasteiger charge is 2.33. The molecule has 1 atom stereocenters. The maximum absolute atomic E-state index is 13.0. The van der Waals surface area contributed by atoms with Gasteiger partial charge in [-0.05, 0) is 12.1 Å². The maximum Gasteiger partial charge on any atom is 0.274 e. The molecule has 0 aliphatic carbocycles. The molecule has 1 N–H and O–H groups in total. The lowest BCUT2D eigenvalue weighted by Gasteiger charge is -2.29. The third-order valence-corrected chi connectivity index (χ3v) is 5.68. The fraction of sp³-hybridized carbons (Fsp3) is 0. The number of hydrogen-bond acceptors (Lipinski definition) is 3. The van der Waals surface area contributed by atoms with E-state index >= 15 is 0 Å². The van der Waals surface area contributed by atoms with Crippen LogP contribution in [-0.2, 0) is 4.57 Å². The second kappa shape index (κ2) is 6.75. The minimum absolute atomic E-state index is 0.182. The smallest absolute Gasteiger partial charge is 0.274 e. The second-order valence-corrected chi connectivity index (χ2v) is 7.87. The summed E-state index contributed by atoms with van der Waals surface area (Å²) >= 11 is 0. The summed E-state index contributed by atoms with van der Waals surface area (Å²) in [6, 6.07) is 28.3. The topological polar surface area (TPSA) is 52.9 Å². The van der Waals surface area contributed by atoms with Crippen molar-refractivity contribution in [2.24, 2.45) is 5.10 Å². The number of anilines is 1. The van der Waals surface area contributed by atoms with E-state index in [0.29, 0.717) is 11.3 Å². The molecular formula is C21H17N2O2P. The van der Waals surface area contributed by atoms with Crippen LogP contribution in [0.15, 0.2) is 102 Å². The average molecular weight is 360 g/mol. The number of benzene rings is 3.